The highest BCUT2D eigenvalue weighted by atomic mass is 32.2. The normalized spacial score (nSPS) is 18.5. The van der Waals surface area contributed by atoms with E-state index in [1.54, 1.807) is 23.3 Å². The third-order valence-electron chi connectivity index (χ3n) is 5.14. The van der Waals surface area contributed by atoms with Crippen molar-refractivity contribution in [2.45, 2.75) is 6.42 Å². The van der Waals surface area contributed by atoms with E-state index in [0.29, 0.717) is 18.0 Å². The molecule has 0 fully saturated rings. The first-order chi connectivity index (χ1) is 13.5. The summed E-state index contributed by atoms with van der Waals surface area (Å²) in [5, 5.41) is 2.94. The van der Waals surface area contributed by atoms with Crippen LogP contribution in [-0.4, -0.2) is 37.4 Å². The molecule has 0 spiro atoms. The van der Waals surface area contributed by atoms with Crippen LogP contribution < -0.4 is 5.32 Å². The van der Waals surface area contributed by atoms with E-state index in [-0.39, 0.29) is 11.7 Å². The molecule has 1 aliphatic carbocycles. The Kier molecular flexibility index (Phi) is 3.73. The van der Waals surface area contributed by atoms with E-state index in [0.717, 1.165) is 12.1 Å². The van der Waals surface area contributed by atoms with E-state index in [9.17, 15) is 13.2 Å². The van der Waals surface area contributed by atoms with Crippen molar-refractivity contribution >= 4 is 27.5 Å². The van der Waals surface area contributed by atoms with Gasteiger partial charge in [-0.3, -0.25) is 4.79 Å². The summed E-state index contributed by atoms with van der Waals surface area (Å²) in [7, 11) is -3.40. The molecule has 2 aromatic carbocycles. The molecular formula is C21H17N3O3S. The monoisotopic (exact) mass is 391 g/mol. The average Bonchev–Trinajstić information content (AvgIpc) is 3.04. The minimum absolute atomic E-state index is 0.0544. The number of amidine groups is 1. The van der Waals surface area contributed by atoms with Gasteiger partial charge in [0.1, 0.15) is 5.84 Å². The highest BCUT2D eigenvalue weighted by Crippen LogP contribution is 2.37. The van der Waals surface area contributed by atoms with E-state index in [1.807, 2.05) is 30.3 Å². The number of nitrogens with one attached hydrogen (secondary N) is 1. The summed E-state index contributed by atoms with van der Waals surface area (Å²) in [5.74, 6) is 0.0542. The molecule has 0 saturated carbocycles. The van der Waals surface area contributed by atoms with Crippen molar-refractivity contribution in [1.29, 1.82) is 0 Å². The van der Waals surface area contributed by atoms with Gasteiger partial charge in [-0.05, 0) is 53.0 Å². The molecule has 0 bridgehead atoms. The lowest BCUT2D eigenvalue weighted by Gasteiger charge is -2.26. The number of anilines is 1. The van der Waals surface area contributed by atoms with E-state index >= 15 is 0 Å². The minimum Gasteiger partial charge on any atom is -0.330 e. The van der Waals surface area contributed by atoms with Gasteiger partial charge in [0, 0.05) is 18.4 Å². The van der Waals surface area contributed by atoms with Gasteiger partial charge in [0.2, 0.25) is 0 Å². The van der Waals surface area contributed by atoms with Gasteiger partial charge >= 0.3 is 0 Å². The molecule has 0 radical (unpaired) electrons. The van der Waals surface area contributed by atoms with Gasteiger partial charge < -0.3 is 10.2 Å². The van der Waals surface area contributed by atoms with Crippen molar-refractivity contribution in [2.75, 3.05) is 17.6 Å². The Morgan fingerprint density at radius 3 is 2.75 bits per heavy atom. The van der Waals surface area contributed by atoms with E-state index in [1.165, 1.54) is 22.3 Å². The summed E-state index contributed by atoms with van der Waals surface area (Å²) in [6.07, 6.45) is 5.66. The summed E-state index contributed by atoms with van der Waals surface area (Å²) in [4.78, 5) is 14.4. The largest absolute Gasteiger partial charge is 0.330 e. The van der Waals surface area contributed by atoms with Crippen LogP contribution in [0, 0.1) is 0 Å². The first-order valence-corrected chi connectivity index (χ1v) is 10.6. The molecule has 2 aromatic rings. The number of rotatable bonds is 2. The van der Waals surface area contributed by atoms with E-state index in [2.05, 4.69) is 21.8 Å². The molecule has 1 amide bonds. The maximum absolute atomic E-state index is 12.7. The standard InChI is InChI=1S/C21H17N3O3S/c25-21(15-5-8-20-23-28(26,27)10-9-24(20)13-15)22-17-6-7-19-16(12-17)11-14-3-1-2-4-18(14)19/h1-8,12-13H,9-11H2,(H,22,25). The lowest BCUT2D eigenvalue weighted by molar-refractivity contribution is -0.112. The van der Waals surface area contributed by atoms with Gasteiger partial charge in [0.25, 0.3) is 15.9 Å². The SMILES string of the molecule is O=C(Nc1ccc2c(c1)Cc1ccccc1-2)C1=CN2CCS(=O)(=O)N=C2C=C1. The second-order valence-electron chi connectivity index (χ2n) is 7.01. The van der Waals surface area contributed by atoms with Crippen LogP contribution in [0.5, 0.6) is 0 Å². The number of carbonyl (C=O) groups is 1. The molecule has 7 heteroatoms. The van der Waals surface area contributed by atoms with E-state index in [4.69, 9.17) is 0 Å². The van der Waals surface area contributed by atoms with Crippen molar-refractivity contribution in [1.82, 2.24) is 4.90 Å². The van der Waals surface area contributed by atoms with E-state index < -0.39 is 10.0 Å². The summed E-state index contributed by atoms with van der Waals surface area (Å²) in [6.45, 7) is 0.291. The Morgan fingerprint density at radius 1 is 1.04 bits per heavy atom. The number of fused-ring (bicyclic) bond motifs is 4. The zero-order valence-electron chi connectivity index (χ0n) is 14.9. The predicted octanol–water partition coefficient (Wildman–Crippen LogP) is 2.69. The number of amides is 1. The molecule has 3 aliphatic rings. The number of nitrogens with zero attached hydrogens (tertiary/aromatic N) is 2. The smallest absolute Gasteiger partial charge is 0.257 e. The molecule has 0 aromatic heterocycles. The van der Waals surface area contributed by atoms with Gasteiger partial charge in [0.05, 0.1) is 11.3 Å². The second-order valence-corrected chi connectivity index (χ2v) is 8.76. The topological polar surface area (TPSA) is 78.8 Å². The van der Waals surface area contributed by atoms with Crippen LogP contribution in [0.2, 0.25) is 0 Å². The van der Waals surface area contributed by atoms with Gasteiger partial charge in [-0.25, -0.2) is 8.42 Å². The van der Waals surface area contributed by atoms with Crippen molar-refractivity contribution in [3.63, 3.8) is 0 Å². The van der Waals surface area contributed by atoms with Crippen molar-refractivity contribution in [3.8, 4) is 11.1 Å². The van der Waals surface area contributed by atoms with Crippen molar-refractivity contribution < 1.29 is 13.2 Å². The molecule has 0 saturated heterocycles. The van der Waals surface area contributed by atoms with Crippen molar-refractivity contribution in [3.05, 3.63) is 77.5 Å². The Bertz CT molecular complexity index is 1210. The maximum atomic E-state index is 12.7. The Morgan fingerprint density at radius 2 is 1.86 bits per heavy atom. The zero-order chi connectivity index (χ0) is 19.3. The molecule has 5 rings (SSSR count). The number of sulfonamides is 1. The summed E-state index contributed by atoms with van der Waals surface area (Å²) < 4.78 is 26.9. The Hall–Kier alpha value is -3.19. The highest BCUT2D eigenvalue weighted by Gasteiger charge is 2.25. The number of carbonyl (C=O) groups excluding carboxylic acids is 1. The highest BCUT2D eigenvalue weighted by molar-refractivity contribution is 7.90. The number of hydrogen-bond acceptors (Lipinski definition) is 4. The Labute approximate surface area is 163 Å². The van der Waals surface area contributed by atoms with Crippen LogP contribution in [0.1, 0.15) is 11.1 Å². The van der Waals surface area contributed by atoms with Gasteiger partial charge in [-0.1, -0.05) is 30.3 Å². The van der Waals surface area contributed by atoms with Gasteiger partial charge in [-0.15, -0.1) is 4.40 Å². The third kappa shape index (κ3) is 2.93. The first-order valence-electron chi connectivity index (χ1n) is 9.00. The Balaban J connectivity index is 1.36. The van der Waals surface area contributed by atoms with Crippen LogP contribution in [0.25, 0.3) is 11.1 Å². The molecule has 2 aliphatic heterocycles. The molecule has 140 valence electrons. The molecule has 28 heavy (non-hydrogen) atoms. The lowest BCUT2D eigenvalue weighted by atomic mass is 10.1. The van der Waals surface area contributed by atoms with Crippen LogP contribution >= 0.6 is 0 Å². The van der Waals surface area contributed by atoms with Gasteiger partial charge in [-0.2, -0.15) is 0 Å². The summed E-state index contributed by atoms with van der Waals surface area (Å²) in [5.41, 5.74) is 6.16. The number of benzene rings is 2. The maximum Gasteiger partial charge on any atom is 0.257 e. The van der Waals surface area contributed by atoms with Crippen LogP contribution in [0.3, 0.4) is 0 Å². The fraction of sp³-hybridized carbons (Fsp3) is 0.143. The lowest BCUT2D eigenvalue weighted by Crippen LogP contribution is -2.37. The molecule has 6 nitrogen and oxygen atoms in total. The van der Waals surface area contributed by atoms with Crippen LogP contribution in [0.4, 0.5) is 5.69 Å². The van der Waals surface area contributed by atoms with Crippen molar-refractivity contribution in [2.24, 2.45) is 4.40 Å². The molecule has 1 N–H and O–H groups in total. The molecule has 2 heterocycles. The molecule has 0 atom stereocenters. The zero-order valence-corrected chi connectivity index (χ0v) is 15.7. The quantitative estimate of drug-likeness (QED) is 0.729. The summed E-state index contributed by atoms with van der Waals surface area (Å²) in [6, 6.07) is 14.3. The molecule has 0 unspecified atom stereocenters. The summed E-state index contributed by atoms with van der Waals surface area (Å²) >= 11 is 0. The number of hydrogen-bond donors (Lipinski definition) is 1. The molecular weight excluding hydrogens is 374 g/mol. The fourth-order valence-electron chi connectivity index (χ4n) is 3.76. The third-order valence-corrected chi connectivity index (χ3v) is 6.30. The van der Waals surface area contributed by atoms with Crippen LogP contribution in [-0.2, 0) is 21.2 Å². The average molecular weight is 391 g/mol. The first kappa shape index (κ1) is 16.9. The minimum atomic E-state index is -3.40. The fourth-order valence-corrected chi connectivity index (χ4v) is 4.73. The van der Waals surface area contributed by atoms with Gasteiger partial charge in [0.15, 0.2) is 0 Å². The second kappa shape index (κ2) is 6.17. The predicted molar refractivity (Wildman–Crippen MR) is 108 cm³/mol. The van der Waals surface area contributed by atoms with Crippen LogP contribution in [0.15, 0.2) is 70.8 Å².